The summed E-state index contributed by atoms with van der Waals surface area (Å²) in [5.41, 5.74) is 0.846. The monoisotopic (exact) mass is 318 g/mol. The largest absolute Gasteiger partial charge is 0.325 e. The van der Waals surface area contributed by atoms with E-state index in [0.29, 0.717) is 6.54 Å². The molecule has 4 heteroatoms. The van der Waals surface area contributed by atoms with Crippen molar-refractivity contribution in [3.05, 3.63) is 27.8 Å². The smallest absolute Gasteiger partial charge is 0.238 e. The Hall–Kier alpha value is -0.620. The summed E-state index contributed by atoms with van der Waals surface area (Å²) >= 11 is 2.23. The van der Waals surface area contributed by atoms with E-state index in [-0.39, 0.29) is 5.91 Å². The average Bonchev–Trinajstić information content (AvgIpc) is 2.22. The first-order valence-corrected chi connectivity index (χ1v) is 6.06. The molecule has 0 aromatic heterocycles. The number of benzene rings is 1. The van der Waals surface area contributed by atoms with Crippen LogP contribution >= 0.6 is 22.6 Å². The highest BCUT2D eigenvalue weighted by atomic mass is 127. The third-order valence-electron chi connectivity index (χ3n) is 1.84. The molecule has 0 heterocycles. The summed E-state index contributed by atoms with van der Waals surface area (Å²) in [5, 5.41) is 5.88. The second kappa shape index (κ2) is 6.79. The Balaban J connectivity index is 2.34. The fourth-order valence-electron chi connectivity index (χ4n) is 1.12. The predicted molar refractivity (Wildman–Crippen MR) is 70.9 cm³/mol. The van der Waals surface area contributed by atoms with Crippen molar-refractivity contribution >= 4 is 34.2 Å². The number of anilines is 1. The molecule has 1 amide bonds. The van der Waals surface area contributed by atoms with Gasteiger partial charge in [0, 0.05) is 9.26 Å². The van der Waals surface area contributed by atoms with Crippen LogP contribution in [0.3, 0.4) is 0 Å². The molecule has 2 N–H and O–H groups in total. The van der Waals surface area contributed by atoms with Gasteiger partial charge >= 0.3 is 0 Å². The van der Waals surface area contributed by atoms with Crippen molar-refractivity contribution in [2.24, 2.45) is 0 Å². The number of hydrogen-bond acceptors (Lipinski definition) is 2. The fraction of sp³-hybridized carbons (Fsp3) is 0.364. The highest BCUT2D eigenvalue weighted by molar-refractivity contribution is 14.1. The molecule has 0 spiro atoms. The van der Waals surface area contributed by atoms with Crippen LogP contribution in [-0.2, 0) is 4.79 Å². The van der Waals surface area contributed by atoms with Crippen LogP contribution in [0.1, 0.15) is 13.3 Å². The maximum atomic E-state index is 11.4. The van der Waals surface area contributed by atoms with Crippen LogP contribution < -0.4 is 10.6 Å². The normalized spacial score (nSPS) is 10.0. The van der Waals surface area contributed by atoms with Crippen molar-refractivity contribution in [2.45, 2.75) is 13.3 Å². The first-order chi connectivity index (χ1) is 7.22. The van der Waals surface area contributed by atoms with Crippen molar-refractivity contribution in [2.75, 3.05) is 18.4 Å². The molecule has 3 nitrogen and oxygen atoms in total. The third-order valence-corrected chi connectivity index (χ3v) is 2.56. The molecule has 15 heavy (non-hydrogen) atoms. The van der Waals surface area contributed by atoms with Crippen LogP contribution in [0, 0.1) is 3.57 Å². The highest BCUT2D eigenvalue weighted by Gasteiger charge is 2.00. The molecule has 0 aliphatic carbocycles. The van der Waals surface area contributed by atoms with Crippen LogP contribution in [0.5, 0.6) is 0 Å². The van der Waals surface area contributed by atoms with Gasteiger partial charge in [-0.25, -0.2) is 0 Å². The summed E-state index contributed by atoms with van der Waals surface area (Å²) in [6.45, 7) is 3.32. The Morgan fingerprint density at radius 3 is 2.60 bits per heavy atom. The number of nitrogens with one attached hydrogen (secondary N) is 2. The Bertz CT molecular complexity index is 311. The minimum Gasteiger partial charge on any atom is -0.325 e. The molecule has 82 valence electrons. The molecule has 0 radical (unpaired) electrons. The molecule has 0 fully saturated rings. The van der Waals surface area contributed by atoms with Crippen LogP contribution in [-0.4, -0.2) is 19.0 Å². The van der Waals surface area contributed by atoms with E-state index in [9.17, 15) is 4.79 Å². The number of hydrogen-bond donors (Lipinski definition) is 2. The zero-order chi connectivity index (χ0) is 11.1. The Morgan fingerprint density at radius 2 is 2.00 bits per heavy atom. The van der Waals surface area contributed by atoms with Gasteiger partial charge in [0.05, 0.1) is 6.54 Å². The zero-order valence-electron chi connectivity index (χ0n) is 8.72. The molecule has 0 atom stereocenters. The molecule has 0 bridgehead atoms. The molecule has 1 rings (SSSR count). The molecule has 0 aliphatic rings. The van der Waals surface area contributed by atoms with Crippen LogP contribution in [0.4, 0.5) is 5.69 Å². The summed E-state index contributed by atoms with van der Waals surface area (Å²) in [5.74, 6) is 0.00431. The number of halogens is 1. The van der Waals surface area contributed by atoms with Gasteiger partial charge in [-0.05, 0) is 59.8 Å². The number of amides is 1. The fourth-order valence-corrected chi connectivity index (χ4v) is 1.48. The maximum absolute atomic E-state index is 11.4. The van der Waals surface area contributed by atoms with E-state index in [2.05, 4.69) is 40.1 Å². The molecular formula is C11H15IN2O. The van der Waals surface area contributed by atoms with Gasteiger partial charge in [0.1, 0.15) is 0 Å². The summed E-state index contributed by atoms with van der Waals surface area (Å²) < 4.78 is 1.16. The molecular weight excluding hydrogens is 303 g/mol. The molecule has 0 unspecified atom stereocenters. The SMILES string of the molecule is CCCNCC(=O)Nc1ccc(I)cc1. The van der Waals surface area contributed by atoms with Gasteiger partial charge in [0.2, 0.25) is 5.91 Å². The first kappa shape index (κ1) is 12.4. The number of rotatable bonds is 5. The number of carbonyl (C=O) groups excluding carboxylic acids is 1. The minimum absolute atomic E-state index is 0.00431. The van der Waals surface area contributed by atoms with E-state index in [4.69, 9.17) is 0 Å². The van der Waals surface area contributed by atoms with E-state index in [1.54, 1.807) is 0 Å². The van der Waals surface area contributed by atoms with Crippen molar-refractivity contribution < 1.29 is 4.79 Å². The molecule has 1 aromatic carbocycles. The van der Waals surface area contributed by atoms with Crippen molar-refractivity contribution in [1.29, 1.82) is 0 Å². The lowest BCUT2D eigenvalue weighted by molar-refractivity contribution is -0.115. The second-order valence-corrected chi connectivity index (χ2v) is 4.48. The standard InChI is InChI=1S/C11H15IN2O/c1-2-7-13-8-11(15)14-10-5-3-9(12)4-6-10/h3-6,13H,2,7-8H2,1H3,(H,14,15). The van der Waals surface area contributed by atoms with E-state index >= 15 is 0 Å². The summed E-state index contributed by atoms with van der Waals surface area (Å²) in [6.07, 6.45) is 1.04. The zero-order valence-corrected chi connectivity index (χ0v) is 10.9. The van der Waals surface area contributed by atoms with Gasteiger partial charge < -0.3 is 10.6 Å². The highest BCUT2D eigenvalue weighted by Crippen LogP contribution is 2.10. The van der Waals surface area contributed by atoms with Gasteiger partial charge in [-0.3, -0.25) is 4.79 Å². The Labute approximate surface area is 104 Å². The van der Waals surface area contributed by atoms with Crippen molar-refractivity contribution in [1.82, 2.24) is 5.32 Å². The van der Waals surface area contributed by atoms with E-state index in [1.165, 1.54) is 0 Å². The first-order valence-electron chi connectivity index (χ1n) is 4.98. The molecule has 0 aliphatic heterocycles. The second-order valence-electron chi connectivity index (χ2n) is 3.23. The van der Waals surface area contributed by atoms with Gasteiger partial charge in [-0.1, -0.05) is 6.92 Å². The third kappa shape index (κ3) is 5.13. The summed E-state index contributed by atoms with van der Waals surface area (Å²) in [4.78, 5) is 11.4. The molecule has 0 saturated heterocycles. The number of carbonyl (C=O) groups is 1. The van der Waals surface area contributed by atoms with Crippen LogP contribution in [0.2, 0.25) is 0 Å². The Kier molecular flexibility index (Phi) is 5.63. The lowest BCUT2D eigenvalue weighted by Gasteiger charge is -2.05. The lowest BCUT2D eigenvalue weighted by atomic mass is 10.3. The Morgan fingerprint density at radius 1 is 1.33 bits per heavy atom. The average molecular weight is 318 g/mol. The molecule has 1 aromatic rings. The van der Waals surface area contributed by atoms with E-state index < -0.39 is 0 Å². The van der Waals surface area contributed by atoms with Crippen molar-refractivity contribution in [3.8, 4) is 0 Å². The van der Waals surface area contributed by atoms with E-state index in [1.807, 2.05) is 24.3 Å². The lowest BCUT2D eigenvalue weighted by Crippen LogP contribution is -2.28. The molecule has 0 saturated carbocycles. The summed E-state index contributed by atoms with van der Waals surface area (Å²) in [7, 11) is 0. The van der Waals surface area contributed by atoms with E-state index in [0.717, 1.165) is 22.2 Å². The van der Waals surface area contributed by atoms with Gasteiger partial charge in [0.25, 0.3) is 0 Å². The minimum atomic E-state index is 0.00431. The quantitative estimate of drug-likeness (QED) is 0.646. The van der Waals surface area contributed by atoms with Crippen LogP contribution in [0.15, 0.2) is 24.3 Å². The van der Waals surface area contributed by atoms with Gasteiger partial charge in [-0.2, -0.15) is 0 Å². The maximum Gasteiger partial charge on any atom is 0.238 e. The summed E-state index contributed by atoms with van der Waals surface area (Å²) in [6, 6.07) is 7.74. The van der Waals surface area contributed by atoms with Crippen molar-refractivity contribution in [3.63, 3.8) is 0 Å². The topological polar surface area (TPSA) is 41.1 Å². The van der Waals surface area contributed by atoms with Gasteiger partial charge in [0.15, 0.2) is 0 Å². The predicted octanol–water partition coefficient (Wildman–Crippen LogP) is 2.23. The van der Waals surface area contributed by atoms with Gasteiger partial charge in [-0.15, -0.1) is 0 Å². The van der Waals surface area contributed by atoms with Crippen LogP contribution in [0.25, 0.3) is 0 Å².